The highest BCUT2D eigenvalue weighted by Crippen LogP contribution is 2.21. The maximum atomic E-state index is 12.2. The smallest absolute Gasteiger partial charge is 0.179 e. The van der Waals surface area contributed by atoms with Crippen LogP contribution in [0.2, 0.25) is 0 Å². The van der Waals surface area contributed by atoms with Gasteiger partial charge in [0.25, 0.3) is 0 Å². The number of aliphatic hydroxyl groups is 2. The molecule has 1 heterocycles. The second-order valence-corrected chi connectivity index (χ2v) is 7.67. The van der Waals surface area contributed by atoms with Crippen LogP contribution < -0.4 is 0 Å². The quantitative estimate of drug-likeness (QED) is 0.801. The van der Waals surface area contributed by atoms with E-state index in [1.807, 2.05) is 0 Å². The van der Waals surface area contributed by atoms with Crippen molar-refractivity contribution >= 4 is 9.84 Å². The number of sulfone groups is 1. The summed E-state index contributed by atoms with van der Waals surface area (Å²) in [5.74, 6) is 0.238. The highest BCUT2D eigenvalue weighted by Gasteiger charge is 2.25. The summed E-state index contributed by atoms with van der Waals surface area (Å²) in [6.07, 6.45) is 0.945. The monoisotopic (exact) mass is 313 g/mol. The second kappa shape index (κ2) is 7.35. The lowest BCUT2D eigenvalue weighted by Crippen LogP contribution is -2.40. The molecule has 0 aromatic heterocycles. The summed E-state index contributed by atoms with van der Waals surface area (Å²) >= 11 is 0. The van der Waals surface area contributed by atoms with Crippen molar-refractivity contribution in [3.8, 4) is 0 Å². The van der Waals surface area contributed by atoms with Crippen molar-refractivity contribution in [2.45, 2.75) is 23.8 Å². The van der Waals surface area contributed by atoms with E-state index in [0.717, 1.165) is 25.9 Å². The number of likely N-dealkylation sites (tertiary alicyclic amines) is 1. The number of nitrogens with zero attached hydrogens (tertiary/aromatic N) is 1. The lowest BCUT2D eigenvalue weighted by atomic mass is 9.92. The summed E-state index contributed by atoms with van der Waals surface area (Å²) in [6, 6.07) is 8.51. The highest BCUT2D eigenvalue weighted by atomic mass is 32.2. The third kappa shape index (κ3) is 4.51. The van der Waals surface area contributed by atoms with Crippen LogP contribution in [0, 0.1) is 5.92 Å². The summed E-state index contributed by atoms with van der Waals surface area (Å²) in [7, 11) is -3.23. The molecule has 118 valence electrons. The SMILES string of the molecule is O=S(=O)(CCN1CCC(C(O)CO)CC1)c1ccccc1. The molecule has 6 heteroatoms. The van der Waals surface area contributed by atoms with Crippen molar-refractivity contribution in [3.63, 3.8) is 0 Å². The Balaban J connectivity index is 1.82. The minimum Gasteiger partial charge on any atom is -0.394 e. The van der Waals surface area contributed by atoms with Crippen LogP contribution in [0.15, 0.2) is 35.2 Å². The second-order valence-electron chi connectivity index (χ2n) is 5.56. The first-order valence-electron chi connectivity index (χ1n) is 7.32. The van der Waals surface area contributed by atoms with Crippen molar-refractivity contribution in [3.05, 3.63) is 30.3 Å². The first kappa shape index (κ1) is 16.4. The average Bonchev–Trinajstić information content (AvgIpc) is 2.53. The Kier molecular flexibility index (Phi) is 5.75. The molecule has 0 radical (unpaired) electrons. The summed E-state index contributed by atoms with van der Waals surface area (Å²) in [6.45, 7) is 1.85. The van der Waals surface area contributed by atoms with Crippen molar-refractivity contribution in [1.82, 2.24) is 4.90 Å². The molecule has 1 aromatic carbocycles. The summed E-state index contributed by atoms with van der Waals surface area (Å²) in [5.41, 5.74) is 0. The Labute approximate surface area is 126 Å². The number of aliphatic hydroxyl groups excluding tert-OH is 2. The molecule has 0 spiro atoms. The zero-order chi connectivity index (χ0) is 15.3. The molecule has 0 bridgehead atoms. The van der Waals surface area contributed by atoms with Gasteiger partial charge in [-0.25, -0.2) is 8.42 Å². The number of rotatable bonds is 6. The van der Waals surface area contributed by atoms with Crippen LogP contribution in [0.25, 0.3) is 0 Å². The molecule has 1 fully saturated rings. The van der Waals surface area contributed by atoms with Gasteiger partial charge in [-0.3, -0.25) is 0 Å². The van der Waals surface area contributed by atoms with E-state index in [1.165, 1.54) is 0 Å². The van der Waals surface area contributed by atoms with Gasteiger partial charge in [0.2, 0.25) is 0 Å². The molecule has 1 saturated heterocycles. The van der Waals surface area contributed by atoms with E-state index in [1.54, 1.807) is 30.3 Å². The summed E-state index contributed by atoms with van der Waals surface area (Å²) in [4.78, 5) is 2.48. The van der Waals surface area contributed by atoms with Crippen LogP contribution in [0.1, 0.15) is 12.8 Å². The summed E-state index contributed by atoms with van der Waals surface area (Å²) < 4.78 is 24.4. The molecule has 0 aliphatic carbocycles. The van der Waals surface area contributed by atoms with Crippen LogP contribution >= 0.6 is 0 Å². The molecule has 2 N–H and O–H groups in total. The number of hydrogen-bond donors (Lipinski definition) is 2. The van der Waals surface area contributed by atoms with E-state index in [2.05, 4.69) is 4.90 Å². The Morgan fingerprint density at radius 2 is 1.81 bits per heavy atom. The number of benzene rings is 1. The van der Waals surface area contributed by atoms with E-state index < -0.39 is 15.9 Å². The van der Waals surface area contributed by atoms with Gasteiger partial charge in [-0.15, -0.1) is 0 Å². The zero-order valence-electron chi connectivity index (χ0n) is 12.1. The Hall–Kier alpha value is -0.950. The molecule has 1 unspecified atom stereocenters. The maximum Gasteiger partial charge on any atom is 0.179 e. The molecule has 1 aliphatic rings. The Morgan fingerprint density at radius 3 is 2.38 bits per heavy atom. The van der Waals surface area contributed by atoms with Crippen LogP contribution in [0.3, 0.4) is 0 Å². The van der Waals surface area contributed by atoms with Crippen LogP contribution in [-0.4, -0.2) is 61.6 Å². The largest absolute Gasteiger partial charge is 0.394 e. The zero-order valence-corrected chi connectivity index (χ0v) is 12.9. The highest BCUT2D eigenvalue weighted by molar-refractivity contribution is 7.91. The molecule has 21 heavy (non-hydrogen) atoms. The standard InChI is InChI=1S/C15H23NO4S/c17-12-15(18)13-6-8-16(9-7-13)10-11-21(19,20)14-4-2-1-3-5-14/h1-5,13,15,17-18H,6-12H2. The molecular weight excluding hydrogens is 290 g/mol. The van der Waals surface area contributed by atoms with E-state index in [0.29, 0.717) is 11.4 Å². The lowest BCUT2D eigenvalue weighted by molar-refractivity contribution is 0.0193. The lowest BCUT2D eigenvalue weighted by Gasteiger charge is -2.33. The Bertz CT molecular complexity index is 524. The van der Waals surface area contributed by atoms with Crippen molar-refractivity contribution in [2.24, 2.45) is 5.92 Å². The maximum absolute atomic E-state index is 12.2. The molecule has 1 atom stereocenters. The third-order valence-electron chi connectivity index (χ3n) is 4.14. The first-order valence-corrected chi connectivity index (χ1v) is 8.97. The van der Waals surface area contributed by atoms with Crippen LogP contribution in [-0.2, 0) is 9.84 Å². The van der Waals surface area contributed by atoms with E-state index in [9.17, 15) is 13.5 Å². The van der Waals surface area contributed by atoms with E-state index in [4.69, 9.17) is 5.11 Å². The topological polar surface area (TPSA) is 77.8 Å². The first-order chi connectivity index (χ1) is 10.0. The van der Waals surface area contributed by atoms with Gasteiger partial charge in [-0.1, -0.05) is 18.2 Å². The fraction of sp³-hybridized carbons (Fsp3) is 0.600. The van der Waals surface area contributed by atoms with Crippen LogP contribution in [0.4, 0.5) is 0 Å². The van der Waals surface area contributed by atoms with Gasteiger partial charge in [0, 0.05) is 6.54 Å². The van der Waals surface area contributed by atoms with Crippen molar-refractivity contribution in [2.75, 3.05) is 32.0 Å². The van der Waals surface area contributed by atoms with Gasteiger partial charge in [0.15, 0.2) is 9.84 Å². The molecule has 1 aromatic rings. The van der Waals surface area contributed by atoms with Gasteiger partial charge in [-0.05, 0) is 44.0 Å². The van der Waals surface area contributed by atoms with Gasteiger partial charge >= 0.3 is 0 Å². The number of hydrogen-bond acceptors (Lipinski definition) is 5. The third-order valence-corrected chi connectivity index (χ3v) is 5.85. The summed E-state index contributed by atoms with van der Waals surface area (Å²) in [5, 5.41) is 18.6. The minimum atomic E-state index is -3.23. The van der Waals surface area contributed by atoms with E-state index in [-0.39, 0.29) is 18.3 Å². The van der Waals surface area contributed by atoms with Gasteiger partial charge < -0.3 is 15.1 Å². The molecule has 5 nitrogen and oxygen atoms in total. The molecular formula is C15H23NO4S. The average molecular weight is 313 g/mol. The van der Waals surface area contributed by atoms with Crippen molar-refractivity contribution in [1.29, 1.82) is 0 Å². The predicted molar refractivity (Wildman–Crippen MR) is 80.8 cm³/mol. The molecule has 0 amide bonds. The minimum absolute atomic E-state index is 0.115. The molecule has 0 saturated carbocycles. The van der Waals surface area contributed by atoms with Crippen LogP contribution in [0.5, 0.6) is 0 Å². The van der Waals surface area contributed by atoms with E-state index >= 15 is 0 Å². The van der Waals surface area contributed by atoms with Gasteiger partial charge in [-0.2, -0.15) is 0 Å². The fourth-order valence-corrected chi connectivity index (χ4v) is 4.01. The van der Waals surface area contributed by atoms with Crippen molar-refractivity contribution < 1.29 is 18.6 Å². The predicted octanol–water partition coefficient (Wildman–Crippen LogP) is 0.525. The van der Waals surface area contributed by atoms with Gasteiger partial charge in [0.05, 0.1) is 23.4 Å². The molecule has 1 aliphatic heterocycles. The van der Waals surface area contributed by atoms with Gasteiger partial charge in [0.1, 0.15) is 0 Å². The normalized spacial score (nSPS) is 19.5. The molecule has 2 rings (SSSR count). The Morgan fingerprint density at radius 1 is 1.19 bits per heavy atom. The fourth-order valence-electron chi connectivity index (χ4n) is 2.71. The number of piperidine rings is 1.